The van der Waals surface area contributed by atoms with Gasteiger partial charge in [-0.05, 0) is 13.8 Å². The fourth-order valence-corrected chi connectivity index (χ4v) is 1.69. The van der Waals surface area contributed by atoms with Gasteiger partial charge in [-0.2, -0.15) is 0 Å². The van der Waals surface area contributed by atoms with Crippen molar-refractivity contribution in [2.75, 3.05) is 13.2 Å². The fraction of sp³-hybridized carbons (Fsp3) is 0.400. The zero-order valence-corrected chi connectivity index (χ0v) is 12.0. The monoisotopic (exact) mass is 294 g/mol. The van der Waals surface area contributed by atoms with Gasteiger partial charge in [-0.15, -0.1) is 0 Å². The van der Waals surface area contributed by atoms with Crippen LogP contribution in [0.5, 0.6) is 0 Å². The lowest BCUT2D eigenvalue weighted by Gasteiger charge is -2.22. The van der Waals surface area contributed by atoms with Crippen LogP contribution in [0, 0.1) is 0 Å². The highest BCUT2D eigenvalue weighted by molar-refractivity contribution is 6.10. The molecule has 0 saturated carbocycles. The predicted octanol–water partition coefficient (Wildman–Crippen LogP) is 1.12. The standard InChI is InChI=1S/C15H18O6/c1-3-20-13(17)15(19,14(18)21-4-2)10-12(16)11-8-6-5-7-9-11/h5-9,19H,3-4,10H2,1-2H3. The maximum absolute atomic E-state index is 12.1. The lowest BCUT2D eigenvalue weighted by Crippen LogP contribution is -2.50. The van der Waals surface area contributed by atoms with Crippen LogP contribution in [0.15, 0.2) is 30.3 Å². The van der Waals surface area contributed by atoms with E-state index in [-0.39, 0.29) is 18.8 Å². The van der Waals surface area contributed by atoms with Crippen molar-refractivity contribution < 1.29 is 29.0 Å². The molecule has 0 aliphatic carbocycles. The van der Waals surface area contributed by atoms with Gasteiger partial charge < -0.3 is 14.6 Å². The topological polar surface area (TPSA) is 89.9 Å². The summed E-state index contributed by atoms with van der Waals surface area (Å²) in [5.41, 5.74) is -2.34. The number of hydrogen-bond acceptors (Lipinski definition) is 6. The summed E-state index contributed by atoms with van der Waals surface area (Å²) < 4.78 is 9.34. The minimum absolute atomic E-state index is 0.0277. The van der Waals surface area contributed by atoms with E-state index in [1.165, 1.54) is 26.0 Å². The Morgan fingerprint density at radius 2 is 1.48 bits per heavy atom. The number of rotatable bonds is 7. The zero-order chi connectivity index (χ0) is 15.9. The molecule has 0 aliphatic rings. The molecule has 1 aromatic rings. The van der Waals surface area contributed by atoms with Crippen molar-refractivity contribution in [3.8, 4) is 0 Å². The number of ether oxygens (including phenoxy) is 2. The average molecular weight is 294 g/mol. The lowest BCUT2D eigenvalue weighted by molar-refractivity contribution is -0.182. The van der Waals surface area contributed by atoms with E-state index in [9.17, 15) is 19.5 Å². The number of carbonyl (C=O) groups is 3. The molecule has 0 aliphatic heterocycles. The van der Waals surface area contributed by atoms with Crippen LogP contribution >= 0.6 is 0 Å². The summed E-state index contributed by atoms with van der Waals surface area (Å²) in [6, 6.07) is 8.06. The van der Waals surface area contributed by atoms with Gasteiger partial charge in [-0.1, -0.05) is 30.3 Å². The average Bonchev–Trinajstić information content (AvgIpc) is 2.48. The summed E-state index contributed by atoms with van der Waals surface area (Å²) in [5.74, 6) is -2.93. The second kappa shape index (κ2) is 7.54. The predicted molar refractivity (Wildman–Crippen MR) is 73.6 cm³/mol. The lowest BCUT2D eigenvalue weighted by atomic mass is 9.94. The van der Waals surface area contributed by atoms with Crippen LogP contribution in [0.1, 0.15) is 30.6 Å². The number of hydrogen-bond donors (Lipinski definition) is 1. The van der Waals surface area contributed by atoms with Gasteiger partial charge in [0.25, 0.3) is 5.60 Å². The van der Waals surface area contributed by atoms with Crippen molar-refractivity contribution in [2.24, 2.45) is 0 Å². The number of aliphatic hydroxyl groups is 1. The molecule has 0 bridgehead atoms. The van der Waals surface area contributed by atoms with Gasteiger partial charge in [0.2, 0.25) is 0 Å². The molecule has 0 saturated heterocycles. The molecule has 0 fully saturated rings. The van der Waals surface area contributed by atoms with Crippen molar-refractivity contribution in [3.05, 3.63) is 35.9 Å². The van der Waals surface area contributed by atoms with Crippen LogP contribution < -0.4 is 0 Å². The Morgan fingerprint density at radius 1 is 1.00 bits per heavy atom. The Morgan fingerprint density at radius 3 is 1.90 bits per heavy atom. The first-order valence-electron chi connectivity index (χ1n) is 6.60. The van der Waals surface area contributed by atoms with E-state index in [0.717, 1.165) is 0 Å². The number of carbonyl (C=O) groups excluding carboxylic acids is 3. The SMILES string of the molecule is CCOC(=O)C(O)(CC(=O)c1ccccc1)C(=O)OCC. The van der Waals surface area contributed by atoms with Crippen molar-refractivity contribution in [1.29, 1.82) is 0 Å². The molecule has 0 atom stereocenters. The van der Waals surface area contributed by atoms with Crippen molar-refractivity contribution in [3.63, 3.8) is 0 Å². The molecule has 0 radical (unpaired) electrons. The molecule has 0 amide bonds. The van der Waals surface area contributed by atoms with Crippen molar-refractivity contribution in [1.82, 2.24) is 0 Å². The first-order valence-corrected chi connectivity index (χ1v) is 6.60. The van der Waals surface area contributed by atoms with E-state index >= 15 is 0 Å². The van der Waals surface area contributed by atoms with Crippen molar-refractivity contribution in [2.45, 2.75) is 25.9 Å². The Balaban J connectivity index is 2.99. The summed E-state index contributed by atoms with van der Waals surface area (Å²) in [4.78, 5) is 35.7. The Bertz CT molecular complexity index is 490. The molecule has 114 valence electrons. The summed E-state index contributed by atoms with van der Waals surface area (Å²) in [6.07, 6.45) is -0.728. The van der Waals surface area contributed by atoms with Crippen molar-refractivity contribution >= 4 is 17.7 Å². The van der Waals surface area contributed by atoms with E-state index in [0.29, 0.717) is 0 Å². The van der Waals surface area contributed by atoms with Gasteiger partial charge in [-0.25, -0.2) is 9.59 Å². The third kappa shape index (κ3) is 4.13. The molecule has 6 nitrogen and oxygen atoms in total. The molecule has 0 spiro atoms. The molecule has 21 heavy (non-hydrogen) atoms. The Hall–Kier alpha value is -2.21. The fourth-order valence-electron chi connectivity index (χ4n) is 1.69. The Labute approximate surface area is 122 Å². The normalized spacial score (nSPS) is 10.8. The van der Waals surface area contributed by atoms with Crippen LogP contribution in [-0.4, -0.2) is 41.6 Å². The quantitative estimate of drug-likeness (QED) is 0.460. The zero-order valence-electron chi connectivity index (χ0n) is 12.0. The van der Waals surface area contributed by atoms with E-state index in [1.807, 2.05) is 0 Å². The smallest absolute Gasteiger partial charge is 0.350 e. The van der Waals surface area contributed by atoms with Crippen LogP contribution in [0.4, 0.5) is 0 Å². The van der Waals surface area contributed by atoms with Gasteiger partial charge in [0.05, 0.1) is 19.6 Å². The highest BCUT2D eigenvalue weighted by Crippen LogP contribution is 2.19. The maximum Gasteiger partial charge on any atom is 0.350 e. The van der Waals surface area contributed by atoms with Crippen LogP contribution in [0.2, 0.25) is 0 Å². The number of Topliss-reactive ketones (excluding diaryl/α,β-unsaturated/α-hetero) is 1. The molecule has 1 rings (SSSR count). The third-order valence-electron chi connectivity index (χ3n) is 2.74. The van der Waals surface area contributed by atoms with Gasteiger partial charge in [0, 0.05) is 5.56 Å². The van der Waals surface area contributed by atoms with E-state index in [4.69, 9.17) is 0 Å². The molecule has 1 aromatic carbocycles. The Kier molecular flexibility index (Phi) is 6.05. The van der Waals surface area contributed by atoms with E-state index in [2.05, 4.69) is 9.47 Å². The van der Waals surface area contributed by atoms with Gasteiger partial charge >= 0.3 is 11.9 Å². The second-order valence-electron chi connectivity index (χ2n) is 4.27. The highest BCUT2D eigenvalue weighted by Gasteiger charge is 2.49. The van der Waals surface area contributed by atoms with Gasteiger partial charge in [0.15, 0.2) is 5.78 Å². The first-order chi connectivity index (χ1) is 9.95. The molecular formula is C15H18O6. The number of esters is 2. The molecule has 0 unspecified atom stereocenters. The van der Waals surface area contributed by atoms with Gasteiger partial charge in [-0.3, -0.25) is 4.79 Å². The third-order valence-corrected chi connectivity index (χ3v) is 2.74. The highest BCUT2D eigenvalue weighted by atomic mass is 16.6. The second-order valence-corrected chi connectivity index (χ2v) is 4.27. The summed E-state index contributed by atoms with van der Waals surface area (Å²) >= 11 is 0. The summed E-state index contributed by atoms with van der Waals surface area (Å²) in [6.45, 7) is 3.01. The first kappa shape index (κ1) is 16.8. The summed E-state index contributed by atoms with van der Waals surface area (Å²) in [7, 11) is 0. The molecule has 6 heteroatoms. The molecule has 0 heterocycles. The molecular weight excluding hydrogens is 276 g/mol. The van der Waals surface area contributed by atoms with Crippen LogP contribution in [0.25, 0.3) is 0 Å². The van der Waals surface area contributed by atoms with Crippen LogP contribution in [0.3, 0.4) is 0 Å². The van der Waals surface area contributed by atoms with E-state index in [1.54, 1.807) is 18.2 Å². The largest absolute Gasteiger partial charge is 0.463 e. The number of ketones is 1. The minimum Gasteiger partial charge on any atom is -0.463 e. The van der Waals surface area contributed by atoms with Gasteiger partial charge in [0.1, 0.15) is 0 Å². The maximum atomic E-state index is 12.1. The van der Waals surface area contributed by atoms with E-state index < -0.39 is 29.7 Å². The van der Waals surface area contributed by atoms with Crippen LogP contribution in [-0.2, 0) is 19.1 Å². The molecule has 0 aromatic heterocycles. The number of benzene rings is 1. The molecule has 1 N–H and O–H groups in total. The minimum atomic E-state index is -2.63. The summed E-state index contributed by atoms with van der Waals surface area (Å²) in [5, 5.41) is 10.3.